The van der Waals surface area contributed by atoms with Crippen LogP contribution in [0.2, 0.25) is 0 Å². The average Bonchev–Trinajstić information content (AvgIpc) is 3.26. The SMILES string of the molecule is CC.CC.COc1ccc(-c2c3ccc(OC)cc3c(-c3ccccc3)c3c(-c4ccc(OC)cc4)c4ccc(OC)cc4c(-c4ccccc4)c23)cc1. The highest BCUT2D eigenvalue weighted by Gasteiger charge is 2.26. The zero-order valence-electron chi connectivity index (χ0n) is 32.5. The molecule has 0 aliphatic heterocycles. The lowest BCUT2D eigenvalue weighted by Gasteiger charge is -2.26. The molecule has 272 valence electrons. The van der Waals surface area contributed by atoms with Crippen molar-refractivity contribution in [3.05, 3.63) is 146 Å². The lowest BCUT2D eigenvalue weighted by atomic mass is 9.77. The summed E-state index contributed by atoms with van der Waals surface area (Å²) in [5, 5.41) is 6.78. The first-order valence-electron chi connectivity index (χ1n) is 18.6. The lowest BCUT2D eigenvalue weighted by Crippen LogP contribution is -1.98. The van der Waals surface area contributed by atoms with Gasteiger partial charge in [-0.05, 0) is 125 Å². The molecular weight excluding hydrogens is 665 g/mol. The number of fused-ring (bicyclic) bond motifs is 3. The number of hydrogen-bond donors (Lipinski definition) is 0. The molecule has 0 aliphatic carbocycles. The fourth-order valence-corrected chi connectivity index (χ4v) is 7.36. The second-order valence-corrected chi connectivity index (χ2v) is 12.3. The Labute approximate surface area is 319 Å². The molecule has 0 radical (unpaired) electrons. The van der Waals surface area contributed by atoms with Gasteiger partial charge >= 0.3 is 0 Å². The van der Waals surface area contributed by atoms with Crippen molar-refractivity contribution in [2.24, 2.45) is 0 Å². The van der Waals surface area contributed by atoms with Gasteiger partial charge in [-0.2, -0.15) is 0 Å². The number of ether oxygens (including phenoxy) is 4. The zero-order valence-corrected chi connectivity index (χ0v) is 32.5. The van der Waals surface area contributed by atoms with E-state index in [4.69, 9.17) is 18.9 Å². The normalized spacial score (nSPS) is 10.6. The van der Waals surface area contributed by atoms with Crippen molar-refractivity contribution in [3.8, 4) is 67.5 Å². The van der Waals surface area contributed by atoms with Gasteiger partial charge in [0.2, 0.25) is 0 Å². The Hall–Kier alpha value is -6.26. The van der Waals surface area contributed by atoms with Crippen molar-refractivity contribution in [2.45, 2.75) is 27.7 Å². The van der Waals surface area contributed by atoms with Gasteiger partial charge in [-0.1, -0.05) is 125 Å². The Morgan fingerprint density at radius 1 is 0.278 bits per heavy atom. The Balaban J connectivity index is 0.00000120. The van der Waals surface area contributed by atoms with Crippen LogP contribution in [-0.4, -0.2) is 28.4 Å². The van der Waals surface area contributed by atoms with Gasteiger partial charge in [0, 0.05) is 0 Å². The first kappa shape index (κ1) is 37.5. The molecule has 8 rings (SSSR count). The van der Waals surface area contributed by atoms with Crippen molar-refractivity contribution in [3.63, 3.8) is 0 Å². The molecule has 4 nitrogen and oxygen atoms in total. The maximum atomic E-state index is 5.89. The van der Waals surface area contributed by atoms with Crippen molar-refractivity contribution < 1.29 is 18.9 Å². The van der Waals surface area contributed by atoms with Crippen LogP contribution in [0, 0.1) is 0 Å². The van der Waals surface area contributed by atoms with E-state index >= 15 is 0 Å². The minimum absolute atomic E-state index is 0.800. The number of hydrogen-bond acceptors (Lipinski definition) is 4. The molecule has 0 unspecified atom stereocenters. The number of rotatable bonds is 8. The van der Waals surface area contributed by atoms with Gasteiger partial charge in [-0.3, -0.25) is 0 Å². The Morgan fingerprint density at radius 2 is 0.556 bits per heavy atom. The van der Waals surface area contributed by atoms with Crippen molar-refractivity contribution >= 4 is 32.3 Å². The van der Waals surface area contributed by atoms with Gasteiger partial charge in [-0.25, -0.2) is 0 Å². The monoisotopic (exact) mass is 712 g/mol. The highest BCUT2D eigenvalue weighted by molar-refractivity contribution is 6.34. The van der Waals surface area contributed by atoms with Crippen LogP contribution in [-0.2, 0) is 0 Å². The molecular formula is C50H48O4. The summed E-state index contributed by atoms with van der Waals surface area (Å²) in [7, 11) is 6.86. The molecule has 0 bridgehead atoms. The molecule has 0 N–H and O–H groups in total. The second kappa shape index (κ2) is 17.0. The Morgan fingerprint density at radius 3 is 0.870 bits per heavy atom. The molecule has 0 saturated carbocycles. The van der Waals surface area contributed by atoms with Crippen LogP contribution in [0.15, 0.2) is 146 Å². The van der Waals surface area contributed by atoms with Crippen LogP contribution in [0.3, 0.4) is 0 Å². The molecule has 0 spiro atoms. The average molecular weight is 713 g/mol. The van der Waals surface area contributed by atoms with Gasteiger partial charge in [0.05, 0.1) is 28.4 Å². The highest BCUT2D eigenvalue weighted by Crippen LogP contribution is 2.54. The van der Waals surface area contributed by atoms with E-state index < -0.39 is 0 Å². The van der Waals surface area contributed by atoms with E-state index in [2.05, 4.69) is 121 Å². The first-order valence-corrected chi connectivity index (χ1v) is 18.6. The highest BCUT2D eigenvalue weighted by atomic mass is 16.5. The molecule has 54 heavy (non-hydrogen) atoms. The third-order valence-electron chi connectivity index (χ3n) is 9.66. The van der Waals surface area contributed by atoms with Crippen molar-refractivity contribution in [1.82, 2.24) is 0 Å². The molecule has 0 saturated heterocycles. The molecule has 0 aliphatic rings. The smallest absolute Gasteiger partial charge is 0.119 e. The van der Waals surface area contributed by atoms with E-state index in [-0.39, 0.29) is 0 Å². The van der Waals surface area contributed by atoms with E-state index in [1.165, 1.54) is 0 Å². The van der Waals surface area contributed by atoms with E-state index in [1.54, 1.807) is 28.4 Å². The lowest BCUT2D eigenvalue weighted by molar-refractivity contribution is 0.415. The van der Waals surface area contributed by atoms with Crippen LogP contribution >= 0.6 is 0 Å². The first-order chi connectivity index (χ1) is 26.6. The van der Waals surface area contributed by atoms with Crippen LogP contribution in [0.1, 0.15) is 27.7 Å². The molecule has 0 amide bonds. The predicted octanol–water partition coefficient (Wildman–Crippen LogP) is 13.9. The summed E-state index contributed by atoms with van der Waals surface area (Å²) in [6, 6.07) is 51.1. The second-order valence-electron chi connectivity index (χ2n) is 12.3. The molecule has 4 heteroatoms. The van der Waals surface area contributed by atoms with Gasteiger partial charge in [-0.15, -0.1) is 0 Å². The summed E-state index contributed by atoms with van der Waals surface area (Å²) >= 11 is 0. The molecule has 0 fully saturated rings. The molecule has 0 atom stereocenters. The van der Waals surface area contributed by atoms with E-state index in [1.807, 2.05) is 52.0 Å². The van der Waals surface area contributed by atoms with Gasteiger partial charge in [0.25, 0.3) is 0 Å². The topological polar surface area (TPSA) is 36.9 Å². The van der Waals surface area contributed by atoms with Crippen LogP contribution in [0.4, 0.5) is 0 Å². The number of benzene rings is 8. The largest absolute Gasteiger partial charge is 0.497 e. The summed E-state index contributed by atoms with van der Waals surface area (Å²) in [4.78, 5) is 0. The fourth-order valence-electron chi connectivity index (χ4n) is 7.36. The standard InChI is InChI=1S/C46H36O4.2C2H6/c1-47-33-19-15-31(16-20-33)41-37-25-23-35(49-3)27-39(37)44(30-13-9-6-10-14-30)46-42(32-17-21-34(48-2)22-18-32)38-26-24-36(50-4)28-40(38)43(45(41)46)29-11-7-5-8-12-29;2*1-2/h5-28H,1-4H3;2*1-2H3. The minimum Gasteiger partial charge on any atom is -0.497 e. The maximum Gasteiger partial charge on any atom is 0.119 e. The van der Waals surface area contributed by atoms with E-state index in [0.29, 0.717) is 0 Å². The zero-order chi connectivity index (χ0) is 38.2. The van der Waals surface area contributed by atoms with E-state index in [0.717, 1.165) is 99.8 Å². The Kier molecular flexibility index (Phi) is 11.8. The van der Waals surface area contributed by atoms with Gasteiger partial charge in [0.1, 0.15) is 23.0 Å². The predicted molar refractivity (Wildman–Crippen MR) is 230 cm³/mol. The van der Waals surface area contributed by atoms with E-state index in [9.17, 15) is 0 Å². The summed E-state index contributed by atoms with van der Waals surface area (Å²) in [5.41, 5.74) is 8.99. The number of methoxy groups -OCH3 is 4. The Bertz CT molecular complexity index is 2310. The van der Waals surface area contributed by atoms with Crippen LogP contribution < -0.4 is 18.9 Å². The third kappa shape index (κ3) is 6.83. The molecule has 0 heterocycles. The quantitative estimate of drug-likeness (QED) is 0.147. The van der Waals surface area contributed by atoms with Crippen molar-refractivity contribution in [1.29, 1.82) is 0 Å². The van der Waals surface area contributed by atoms with Crippen LogP contribution in [0.5, 0.6) is 23.0 Å². The summed E-state index contributed by atoms with van der Waals surface area (Å²) in [5.74, 6) is 3.22. The van der Waals surface area contributed by atoms with Gasteiger partial charge in [0.15, 0.2) is 0 Å². The maximum absolute atomic E-state index is 5.89. The molecule has 8 aromatic rings. The summed E-state index contributed by atoms with van der Waals surface area (Å²) < 4.78 is 23.0. The summed E-state index contributed by atoms with van der Waals surface area (Å²) in [6.45, 7) is 8.00. The van der Waals surface area contributed by atoms with Crippen molar-refractivity contribution in [2.75, 3.05) is 28.4 Å². The minimum atomic E-state index is 0.800. The molecule has 8 aromatic carbocycles. The fraction of sp³-hybridized carbons (Fsp3) is 0.160. The van der Waals surface area contributed by atoms with Crippen LogP contribution in [0.25, 0.3) is 76.8 Å². The summed E-state index contributed by atoms with van der Waals surface area (Å²) in [6.07, 6.45) is 0. The molecule has 0 aromatic heterocycles. The van der Waals surface area contributed by atoms with Gasteiger partial charge < -0.3 is 18.9 Å². The third-order valence-corrected chi connectivity index (χ3v) is 9.66.